The van der Waals surface area contributed by atoms with E-state index in [0.717, 1.165) is 0 Å². The number of aromatic nitrogens is 2. The fourth-order valence-corrected chi connectivity index (χ4v) is 3.28. The maximum atomic E-state index is 11.4. The largest absolute Gasteiger partial charge is 0.384 e. The first kappa shape index (κ1) is 10.5. The highest BCUT2D eigenvalue weighted by atomic mass is 32.2. The molecule has 0 bridgehead atoms. The van der Waals surface area contributed by atoms with Gasteiger partial charge in [0.2, 0.25) is 0 Å². The van der Waals surface area contributed by atoms with Crippen LogP contribution < -0.4 is 5.73 Å². The van der Waals surface area contributed by atoms with Crippen LogP contribution in [-0.2, 0) is 26.9 Å². The van der Waals surface area contributed by atoms with Gasteiger partial charge in [-0.2, -0.15) is 5.10 Å². The number of sulfone groups is 1. The van der Waals surface area contributed by atoms with Gasteiger partial charge in [0.05, 0.1) is 22.7 Å². The SMILES string of the molecule is CC(C)(C)n1nc2c(c1N)CS(=O)(=O)C2. The third-order valence-electron chi connectivity index (χ3n) is 2.46. The van der Waals surface area contributed by atoms with Crippen LogP contribution in [0.25, 0.3) is 0 Å². The van der Waals surface area contributed by atoms with Gasteiger partial charge in [-0.05, 0) is 20.8 Å². The molecule has 0 atom stereocenters. The third-order valence-corrected chi connectivity index (χ3v) is 3.90. The highest BCUT2D eigenvalue weighted by Crippen LogP contribution is 2.32. The van der Waals surface area contributed by atoms with Crippen LogP contribution in [0.1, 0.15) is 32.0 Å². The Balaban J connectivity index is 2.54. The van der Waals surface area contributed by atoms with E-state index in [1.54, 1.807) is 4.68 Å². The standard InChI is InChI=1S/C9H15N3O2S/c1-9(2,3)12-8(10)6-4-15(13,14)5-7(6)11-12/h4-5,10H2,1-3H3. The summed E-state index contributed by atoms with van der Waals surface area (Å²) in [5.74, 6) is 0.540. The molecule has 0 saturated heterocycles. The molecule has 1 aliphatic rings. The first-order valence-electron chi connectivity index (χ1n) is 4.78. The topological polar surface area (TPSA) is 78.0 Å². The van der Waals surface area contributed by atoms with E-state index >= 15 is 0 Å². The molecule has 1 aliphatic heterocycles. The van der Waals surface area contributed by atoms with E-state index in [-0.39, 0.29) is 17.0 Å². The Kier molecular flexibility index (Phi) is 1.92. The van der Waals surface area contributed by atoms with Gasteiger partial charge in [0.1, 0.15) is 5.82 Å². The van der Waals surface area contributed by atoms with Crippen LogP contribution >= 0.6 is 0 Å². The van der Waals surface area contributed by atoms with E-state index in [4.69, 9.17) is 5.73 Å². The van der Waals surface area contributed by atoms with Gasteiger partial charge in [0, 0.05) is 5.56 Å². The number of nitrogen functional groups attached to an aromatic ring is 1. The molecule has 0 spiro atoms. The number of nitrogens with two attached hydrogens (primary N) is 1. The van der Waals surface area contributed by atoms with Gasteiger partial charge in [-0.15, -0.1) is 0 Å². The van der Waals surface area contributed by atoms with Crippen LogP contribution in [0.2, 0.25) is 0 Å². The Morgan fingerprint density at radius 1 is 1.33 bits per heavy atom. The van der Waals surface area contributed by atoms with Crippen LogP contribution in [0.3, 0.4) is 0 Å². The summed E-state index contributed by atoms with van der Waals surface area (Å²) < 4.78 is 24.4. The molecule has 84 valence electrons. The summed E-state index contributed by atoms with van der Waals surface area (Å²) in [5.41, 5.74) is 6.99. The van der Waals surface area contributed by atoms with Gasteiger partial charge in [0.25, 0.3) is 0 Å². The normalized spacial score (nSPS) is 19.1. The van der Waals surface area contributed by atoms with E-state index in [0.29, 0.717) is 17.1 Å². The van der Waals surface area contributed by atoms with Gasteiger partial charge in [-0.1, -0.05) is 0 Å². The molecule has 0 fully saturated rings. The predicted molar refractivity (Wildman–Crippen MR) is 58.0 cm³/mol. The van der Waals surface area contributed by atoms with Crippen molar-refractivity contribution < 1.29 is 8.42 Å². The van der Waals surface area contributed by atoms with Crippen molar-refractivity contribution in [1.82, 2.24) is 9.78 Å². The van der Waals surface area contributed by atoms with Crippen molar-refractivity contribution >= 4 is 15.7 Å². The minimum atomic E-state index is -3.00. The molecule has 0 aliphatic carbocycles. The number of nitrogens with zero attached hydrogens (tertiary/aromatic N) is 2. The molecule has 0 radical (unpaired) electrons. The molecule has 1 aromatic heterocycles. The van der Waals surface area contributed by atoms with Crippen molar-refractivity contribution in [1.29, 1.82) is 0 Å². The Morgan fingerprint density at radius 3 is 2.40 bits per heavy atom. The fourth-order valence-electron chi connectivity index (χ4n) is 1.77. The van der Waals surface area contributed by atoms with Crippen LogP contribution in [-0.4, -0.2) is 18.2 Å². The average Bonchev–Trinajstić information content (AvgIpc) is 2.45. The smallest absolute Gasteiger partial charge is 0.160 e. The fraction of sp³-hybridized carbons (Fsp3) is 0.667. The monoisotopic (exact) mass is 229 g/mol. The Hall–Kier alpha value is -1.04. The molecule has 0 saturated carbocycles. The van der Waals surface area contributed by atoms with Gasteiger partial charge in [-0.25, -0.2) is 13.1 Å². The highest BCUT2D eigenvalue weighted by Gasteiger charge is 2.33. The lowest BCUT2D eigenvalue weighted by atomic mass is 10.1. The molecule has 2 heterocycles. The summed E-state index contributed by atoms with van der Waals surface area (Å²) in [4.78, 5) is 0. The molecule has 0 amide bonds. The number of hydrogen-bond donors (Lipinski definition) is 1. The zero-order valence-corrected chi connectivity index (χ0v) is 9.93. The lowest BCUT2D eigenvalue weighted by molar-refractivity contribution is 0.359. The second kappa shape index (κ2) is 2.75. The van der Waals surface area contributed by atoms with Crippen molar-refractivity contribution in [2.24, 2.45) is 0 Å². The van der Waals surface area contributed by atoms with Crippen LogP contribution in [0.15, 0.2) is 0 Å². The second-order valence-corrected chi connectivity index (χ2v) is 6.99. The van der Waals surface area contributed by atoms with E-state index in [1.165, 1.54) is 0 Å². The summed E-state index contributed by atoms with van der Waals surface area (Å²) in [7, 11) is -3.00. The second-order valence-electron chi connectivity index (χ2n) is 4.93. The van der Waals surface area contributed by atoms with Gasteiger partial charge >= 0.3 is 0 Å². The summed E-state index contributed by atoms with van der Waals surface area (Å²) in [5, 5.41) is 4.27. The summed E-state index contributed by atoms with van der Waals surface area (Å²) in [6, 6.07) is 0. The summed E-state index contributed by atoms with van der Waals surface area (Å²) in [6.45, 7) is 5.96. The molecule has 0 aromatic carbocycles. The zero-order chi connectivity index (χ0) is 11.4. The van der Waals surface area contributed by atoms with Crippen molar-refractivity contribution in [3.63, 3.8) is 0 Å². The van der Waals surface area contributed by atoms with E-state index in [1.807, 2.05) is 20.8 Å². The minimum absolute atomic E-state index is 0.0234. The summed E-state index contributed by atoms with van der Waals surface area (Å²) >= 11 is 0. The molecule has 15 heavy (non-hydrogen) atoms. The maximum absolute atomic E-state index is 11.4. The summed E-state index contributed by atoms with van der Waals surface area (Å²) in [6.07, 6.45) is 0. The lowest BCUT2D eigenvalue weighted by Gasteiger charge is -2.21. The molecule has 0 unspecified atom stereocenters. The quantitative estimate of drug-likeness (QED) is 0.708. The number of rotatable bonds is 0. The molecular formula is C9H15N3O2S. The first-order valence-corrected chi connectivity index (χ1v) is 6.60. The third kappa shape index (κ3) is 1.62. The van der Waals surface area contributed by atoms with Crippen molar-refractivity contribution in [3.8, 4) is 0 Å². The van der Waals surface area contributed by atoms with Crippen LogP contribution in [0, 0.1) is 0 Å². The highest BCUT2D eigenvalue weighted by molar-refractivity contribution is 7.90. The Labute approximate surface area is 89.2 Å². The molecule has 2 N–H and O–H groups in total. The molecular weight excluding hydrogens is 214 g/mol. The van der Waals surface area contributed by atoms with Crippen LogP contribution in [0.4, 0.5) is 5.82 Å². The lowest BCUT2D eigenvalue weighted by Crippen LogP contribution is -2.25. The van der Waals surface area contributed by atoms with Crippen LogP contribution in [0.5, 0.6) is 0 Å². The van der Waals surface area contributed by atoms with E-state index < -0.39 is 9.84 Å². The molecule has 6 heteroatoms. The Morgan fingerprint density at radius 2 is 1.93 bits per heavy atom. The van der Waals surface area contributed by atoms with E-state index in [2.05, 4.69) is 5.10 Å². The Bertz CT molecular complexity index is 508. The molecule has 2 rings (SSSR count). The van der Waals surface area contributed by atoms with Gasteiger partial charge in [0.15, 0.2) is 9.84 Å². The molecule has 1 aromatic rings. The maximum Gasteiger partial charge on any atom is 0.160 e. The minimum Gasteiger partial charge on any atom is -0.384 e. The van der Waals surface area contributed by atoms with E-state index in [9.17, 15) is 8.42 Å². The average molecular weight is 229 g/mol. The molecule has 5 nitrogen and oxygen atoms in total. The predicted octanol–water partition coefficient (Wildman–Crippen LogP) is 0.649. The van der Waals surface area contributed by atoms with Gasteiger partial charge in [-0.3, -0.25) is 0 Å². The zero-order valence-electron chi connectivity index (χ0n) is 9.11. The number of fused-ring (bicyclic) bond motifs is 1. The van der Waals surface area contributed by atoms with Crippen molar-refractivity contribution in [2.45, 2.75) is 37.8 Å². The first-order chi connectivity index (χ1) is 6.71. The van der Waals surface area contributed by atoms with Gasteiger partial charge < -0.3 is 5.73 Å². The number of hydrogen-bond acceptors (Lipinski definition) is 4. The van der Waals surface area contributed by atoms with Crippen molar-refractivity contribution in [2.75, 3.05) is 5.73 Å². The number of anilines is 1. The van der Waals surface area contributed by atoms with Crippen molar-refractivity contribution in [3.05, 3.63) is 11.3 Å².